The maximum absolute atomic E-state index is 11.8. The molecular formula is C16H24N2O2. The van der Waals surface area contributed by atoms with Crippen molar-refractivity contribution in [2.75, 3.05) is 11.9 Å². The van der Waals surface area contributed by atoms with E-state index in [9.17, 15) is 9.59 Å². The molecule has 1 aromatic rings. The topological polar surface area (TPSA) is 58.2 Å². The molecule has 0 atom stereocenters. The lowest BCUT2D eigenvalue weighted by Gasteiger charge is -2.17. The van der Waals surface area contributed by atoms with Gasteiger partial charge >= 0.3 is 0 Å². The van der Waals surface area contributed by atoms with Gasteiger partial charge in [0.15, 0.2) is 0 Å². The van der Waals surface area contributed by atoms with E-state index in [4.69, 9.17) is 0 Å². The molecular weight excluding hydrogens is 252 g/mol. The number of nitrogens with one attached hydrogen (secondary N) is 2. The molecule has 2 N–H and O–H groups in total. The van der Waals surface area contributed by atoms with E-state index in [0.29, 0.717) is 5.92 Å². The summed E-state index contributed by atoms with van der Waals surface area (Å²) in [7, 11) is 0. The Balaban J connectivity index is 2.55. The summed E-state index contributed by atoms with van der Waals surface area (Å²) >= 11 is 0. The van der Waals surface area contributed by atoms with E-state index < -0.39 is 5.41 Å². The molecule has 0 aliphatic heterocycles. The van der Waals surface area contributed by atoms with E-state index in [2.05, 4.69) is 24.5 Å². The summed E-state index contributed by atoms with van der Waals surface area (Å²) in [5.74, 6) is 0.0551. The lowest BCUT2D eigenvalue weighted by atomic mass is 9.96. The average Bonchev–Trinajstić information content (AvgIpc) is 2.35. The Morgan fingerprint density at radius 3 is 2.40 bits per heavy atom. The molecule has 20 heavy (non-hydrogen) atoms. The van der Waals surface area contributed by atoms with Crippen molar-refractivity contribution in [3.8, 4) is 0 Å². The van der Waals surface area contributed by atoms with E-state index in [-0.39, 0.29) is 18.4 Å². The fourth-order valence-electron chi connectivity index (χ4n) is 1.61. The Labute approximate surface area is 121 Å². The second-order valence-electron chi connectivity index (χ2n) is 6.26. The third-order valence-electron chi connectivity index (χ3n) is 2.93. The molecule has 0 aliphatic carbocycles. The van der Waals surface area contributed by atoms with Crippen molar-refractivity contribution in [3.05, 3.63) is 29.8 Å². The second kappa shape index (κ2) is 6.55. The Morgan fingerprint density at radius 1 is 1.20 bits per heavy atom. The lowest BCUT2D eigenvalue weighted by molar-refractivity contribution is -0.130. The highest BCUT2D eigenvalue weighted by molar-refractivity contribution is 5.95. The van der Waals surface area contributed by atoms with Gasteiger partial charge in [0.1, 0.15) is 0 Å². The van der Waals surface area contributed by atoms with Crippen LogP contribution in [-0.4, -0.2) is 18.4 Å². The number of hydrogen-bond donors (Lipinski definition) is 2. The molecule has 0 heterocycles. The third-order valence-corrected chi connectivity index (χ3v) is 2.93. The van der Waals surface area contributed by atoms with Gasteiger partial charge in [0.05, 0.1) is 6.54 Å². The number of carbonyl (C=O) groups is 2. The molecule has 0 saturated carbocycles. The molecule has 1 aromatic carbocycles. The van der Waals surface area contributed by atoms with Gasteiger partial charge in [-0.1, -0.05) is 46.8 Å². The highest BCUT2D eigenvalue weighted by Gasteiger charge is 2.21. The first kappa shape index (κ1) is 16.2. The average molecular weight is 276 g/mol. The first-order valence-electron chi connectivity index (χ1n) is 6.88. The SMILES string of the molecule is CC(C)c1cccc(NC(=O)CNC(=O)C(C)(C)C)c1. The van der Waals surface area contributed by atoms with Crippen molar-refractivity contribution in [2.24, 2.45) is 5.41 Å². The molecule has 0 bridgehead atoms. The fraction of sp³-hybridized carbons (Fsp3) is 0.500. The van der Waals surface area contributed by atoms with E-state index in [1.54, 1.807) is 0 Å². The van der Waals surface area contributed by atoms with Gasteiger partial charge in [0.25, 0.3) is 0 Å². The van der Waals surface area contributed by atoms with Gasteiger partial charge in [-0.15, -0.1) is 0 Å². The van der Waals surface area contributed by atoms with Crippen molar-refractivity contribution in [3.63, 3.8) is 0 Å². The van der Waals surface area contributed by atoms with E-state index >= 15 is 0 Å². The van der Waals surface area contributed by atoms with Crippen LogP contribution in [0.5, 0.6) is 0 Å². The number of amides is 2. The number of benzene rings is 1. The van der Waals surface area contributed by atoms with Gasteiger partial charge in [-0.3, -0.25) is 9.59 Å². The highest BCUT2D eigenvalue weighted by Crippen LogP contribution is 2.18. The Hall–Kier alpha value is -1.84. The number of anilines is 1. The minimum atomic E-state index is -0.488. The molecule has 0 radical (unpaired) electrons. The van der Waals surface area contributed by atoms with Crippen molar-refractivity contribution in [1.82, 2.24) is 5.32 Å². The van der Waals surface area contributed by atoms with Crippen LogP contribution in [0, 0.1) is 5.41 Å². The molecule has 1 rings (SSSR count). The minimum absolute atomic E-state index is 0.0119. The highest BCUT2D eigenvalue weighted by atomic mass is 16.2. The maximum atomic E-state index is 11.8. The van der Waals surface area contributed by atoms with Gasteiger partial charge < -0.3 is 10.6 Å². The van der Waals surface area contributed by atoms with Crippen LogP contribution in [0.1, 0.15) is 46.1 Å². The zero-order valence-electron chi connectivity index (χ0n) is 12.9. The van der Waals surface area contributed by atoms with E-state index in [1.807, 2.05) is 45.0 Å². The van der Waals surface area contributed by atoms with E-state index in [0.717, 1.165) is 5.69 Å². The fourth-order valence-corrected chi connectivity index (χ4v) is 1.61. The van der Waals surface area contributed by atoms with Crippen molar-refractivity contribution < 1.29 is 9.59 Å². The van der Waals surface area contributed by atoms with Crippen LogP contribution in [0.25, 0.3) is 0 Å². The first-order valence-corrected chi connectivity index (χ1v) is 6.88. The molecule has 0 unspecified atom stereocenters. The normalized spacial score (nSPS) is 11.3. The molecule has 0 spiro atoms. The largest absolute Gasteiger partial charge is 0.347 e. The zero-order valence-corrected chi connectivity index (χ0v) is 12.9. The number of hydrogen-bond acceptors (Lipinski definition) is 2. The summed E-state index contributed by atoms with van der Waals surface area (Å²) in [6.45, 7) is 9.63. The standard InChI is InChI=1S/C16H24N2O2/c1-11(2)12-7-6-8-13(9-12)18-14(19)10-17-15(20)16(3,4)5/h6-9,11H,10H2,1-5H3,(H,17,20)(H,18,19). The second-order valence-corrected chi connectivity index (χ2v) is 6.26. The van der Waals surface area contributed by atoms with Crippen LogP contribution < -0.4 is 10.6 Å². The summed E-state index contributed by atoms with van der Waals surface area (Å²) in [6.07, 6.45) is 0. The molecule has 4 nitrogen and oxygen atoms in total. The molecule has 110 valence electrons. The summed E-state index contributed by atoms with van der Waals surface area (Å²) in [6, 6.07) is 7.74. The predicted octanol–water partition coefficient (Wildman–Crippen LogP) is 2.91. The number of carbonyl (C=O) groups excluding carboxylic acids is 2. The van der Waals surface area contributed by atoms with Gasteiger partial charge in [-0.05, 0) is 23.6 Å². The Morgan fingerprint density at radius 2 is 1.85 bits per heavy atom. The van der Waals surface area contributed by atoms with Crippen LogP contribution in [-0.2, 0) is 9.59 Å². The molecule has 0 aromatic heterocycles. The first-order chi connectivity index (χ1) is 9.20. The van der Waals surface area contributed by atoms with Crippen LogP contribution in [0.2, 0.25) is 0 Å². The van der Waals surface area contributed by atoms with Crippen LogP contribution in [0.4, 0.5) is 5.69 Å². The zero-order chi connectivity index (χ0) is 15.3. The van der Waals surface area contributed by atoms with Gasteiger partial charge in [-0.2, -0.15) is 0 Å². The van der Waals surface area contributed by atoms with Crippen molar-refractivity contribution in [1.29, 1.82) is 0 Å². The minimum Gasteiger partial charge on any atom is -0.347 e. The molecule has 0 saturated heterocycles. The monoisotopic (exact) mass is 276 g/mol. The van der Waals surface area contributed by atoms with Crippen LogP contribution in [0.15, 0.2) is 24.3 Å². The third kappa shape index (κ3) is 5.03. The smallest absolute Gasteiger partial charge is 0.243 e. The number of rotatable bonds is 4. The van der Waals surface area contributed by atoms with Crippen molar-refractivity contribution in [2.45, 2.75) is 40.5 Å². The summed E-state index contributed by atoms with van der Waals surface area (Å²) < 4.78 is 0. The molecule has 0 aliphatic rings. The maximum Gasteiger partial charge on any atom is 0.243 e. The quantitative estimate of drug-likeness (QED) is 0.888. The Bertz CT molecular complexity index is 487. The van der Waals surface area contributed by atoms with E-state index in [1.165, 1.54) is 5.56 Å². The van der Waals surface area contributed by atoms with Gasteiger partial charge in [0, 0.05) is 11.1 Å². The molecule has 2 amide bonds. The molecule has 4 heteroatoms. The summed E-state index contributed by atoms with van der Waals surface area (Å²) in [5, 5.41) is 5.42. The van der Waals surface area contributed by atoms with Crippen LogP contribution >= 0.6 is 0 Å². The summed E-state index contributed by atoms with van der Waals surface area (Å²) in [4.78, 5) is 23.5. The van der Waals surface area contributed by atoms with Crippen LogP contribution in [0.3, 0.4) is 0 Å². The molecule has 0 fully saturated rings. The summed E-state index contributed by atoms with van der Waals surface area (Å²) in [5.41, 5.74) is 1.44. The predicted molar refractivity (Wildman–Crippen MR) is 81.6 cm³/mol. The van der Waals surface area contributed by atoms with Gasteiger partial charge in [0.2, 0.25) is 11.8 Å². The Kier molecular flexibility index (Phi) is 5.31. The van der Waals surface area contributed by atoms with Crippen molar-refractivity contribution >= 4 is 17.5 Å². The lowest BCUT2D eigenvalue weighted by Crippen LogP contribution is -2.39. The van der Waals surface area contributed by atoms with Gasteiger partial charge in [-0.25, -0.2) is 0 Å².